The monoisotopic (exact) mass is 536 g/mol. The van der Waals surface area contributed by atoms with Crippen molar-refractivity contribution in [1.29, 1.82) is 0 Å². The van der Waals surface area contributed by atoms with Gasteiger partial charge in [-0.25, -0.2) is 9.80 Å². The fourth-order valence-electron chi connectivity index (χ4n) is 5.07. The molecule has 0 bridgehead atoms. The molecular weight excluding hydrogens is 512 g/mol. The molecule has 0 aliphatic carbocycles. The maximum Gasteiger partial charge on any atom is 0.370 e. The molecule has 3 amide bonds. The van der Waals surface area contributed by atoms with Crippen molar-refractivity contribution >= 4 is 23.4 Å². The van der Waals surface area contributed by atoms with Gasteiger partial charge >= 0.3 is 5.69 Å². The smallest absolute Gasteiger partial charge is 0.370 e. The van der Waals surface area contributed by atoms with Gasteiger partial charge < -0.3 is 4.74 Å². The van der Waals surface area contributed by atoms with E-state index in [-0.39, 0.29) is 28.9 Å². The predicted molar refractivity (Wildman–Crippen MR) is 145 cm³/mol. The Balaban J connectivity index is 1.28. The first kappa shape index (κ1) is 25.0. The number of hydrogen-bond acceptors (Lipinski definition) is 7. The lowest BCUT2D eigenvalue weighted by Crippen LogP contribution is -2.46. The first-order valence-corrected chi connectivity index (χ1v) is 12.6. The van der Waals surface area contributed by atoms with Crippen LogP contribution in [0.4, 0.5) is 0 Å². The highest BCUT2D eigenvalue weighted by Gasteiger charge is 2.39. The van der Waals surface area contributed by atoms with Crippen molar-refractivity contribution in [1.82, 2.24) is 19.5 Å². The van der Waals surface area contributed by atoms with E-state index >= 15 is 0 Å². The number of nitrogens with zero attached hydrogens (tertiary/aromatic N) is 6. The van der Waals surface area contributed by atoms with E-state index in [1.807, 2.05) is 24.3 Å². The van der Waals surface area contributed by atoms with Gasteiger partial charge in [-0.1, -0.05) is 36.4 Å². The van der Waals surface area contributed by atoms with E-state index < -0.39 is 17.5 Å². The number of benzene rings is 3. The average Bonchev–Trinajstić information content (AvgIpc) is 3.62. The van der Waals surface area contributed by atoms with E-state index in [0.29, 0.717) is 12.1 Å². The van der Waals surface area contributed by atoms with Gasteiger partial charge in [-0.15, -0.1) is 5.10 Å². The Bertz CT molecular complexity index is 1730. The summed E-state index contributed by atoms with van der Waals surface area (Å²) < 4.78 is 7.37. The molecule has 3 heterocycles. The van der Waals surface area contributed by atoms with Crippen molar-refractivity contribution in [2.45, 2.75) is 26.3 Å². The number of rotatable bonds is 5. The molecule has 11 nitrogen and oxygen atoms in total. The molecule has 1 aromatic heterocycles. The fourth-order valence-corrected chi connectivity index (χ4v) is 5.07. The van der Waals surface area contributed by atoms with Crippen molar-refractivity contribution < 1.29 is 19.1 Å². The molecule has 2 aliphatic heterocycles. The average molecular weight is 537 g/mol. The number of carbonyl (C=O) groups excluding carboxylic acids is 3. The molecule has 0 spiro atoms. The Morgan fingerprint density at radius 3 is 2.10 bits per heavy atom. The lowest BCUT2D eigenvalue weighted by atomic mass is 9.98. The number of ether oxygens (including phenoxy) is 1. The summed E-state index contributed by atoms with van der Waals surface area (Å²) in [7, 11) is 1.60. The van der Waals surface area contributed by atoms with Crippen molar-refractivity contribution in [3.05, 3.63) is 111 Å². The lowest BCUT2D eigenvalue weighted by molar-refractivity contribution is -0.130. The molecule has 0 saturated carbocycles. The zero-order valence-corrected chi connectivity index (χ0v) is 21.9. The summed E-state index contributed by atoms with van der Waals surface area (Å²) in [5, 5.41) is 11.2. The van der Waals surface area contributed by atoms with Gasteiger partial charge in [0.15, 0.2) is 5.82 Å². The SMILES string of the molecule is COc1ccc(C2CC(c3ccc(-n4nc(C)n(N5C(=O)c6ccccc6C5=O)c4=O)cc3)=NN2C(C)=O)cc1. The first-order valence-electron chi connectivity index (χ1n) is 12.6. The van der Waals surface area contributed by atoms with Crippen LogP contribution in [0, 0.1) is 6.92 Å². The van der Waals surface area contributed by atoms with Gasteiger partial charge in [-0.05, 0) is 54.4 Å². The second-order valence-corrected chi connectivity index (χ2v) is 9.47. The van der Waals surface area contributed by atoms with Crippen LogP contribution in [0.5, 0.6) is 5.75 Å². The van der Waals surface area contributed by atoms with Gasteiger partial charge in [0, 0.05) is 13.3 Å². The minimum Gasteiger partial charge on any atom is -0.497 e. The second kappa shape index (κ2) is 9.45. The van der Waals surface area contributed by atoms with Crippen LogP contribution in [0.3, 0.4) is 0 Å². The minimum atomic E-state index is -0.653. The van der Waals surface area contributed by atoms with Crippen molar-refractivity contribution in [3.8, 4) is 11.4 Å². The zero-order chi connectivity index (χ0) is 28.1. The maximum absolute atomic E-state index is 13.4. The van der Waals surface area contributed by atoms with Crippen LogP contribution >= 0.6 is 0 Å². The third kappa shape index (κ3) is 3.90. The van der Waals surface area contributed by atoms with Crippen LogP contribution in [-0.2, 0) is 4.79 Å². The third-order valence-corrected chi connectivity index (χ3v) is 7.06. The van der Waals surface area contributed by atoms with E-state index in [2.05, 4.69) is 10.2 Å². The van der Waals surface area contributed by atoms with Gasteiger partial charge in [0.05, 0.1) is 35.7 Å². The van der Waals surface area contributed by atoms with Crippen LogP contribution in [0.2, 0.25) is 0 Å². The standard InChI is InChI=1S/C29H24N6O5/c1-17-30-33(29(39)34(17)35-27(37)23-6-4-5-7-24(23)28(35)38)21-12-8-19(9-13-21)25-16-26(32(31-25)18(2)36)20-10-14-22(40-3)15-11-20/h4-15,26H,16H2,1-3H3. The molecule has 1 unspecified atom stereocenters. The van der Waals surface area contributed by atoms with Crippen molar-refractivity contribution in [3.63, 3.8) is 0 Å². The number of aryl methyl sites for hydroxylation is 1. The number of aromatic nitrogens is 3. The minimum absolute atomic E-state index is 0.173. The molecule has 0 fully saturated rings. The van der Waals surface area contributed by atoms with Gasteiger partial charge in [-0.3, -0.25) is 14.4 Å². The quantitative estimate of drug-likeness (QED) is 0.362. The van der Waals surface area contributed by atoms with Crippen LogP contribution in [0.25, 0.3) is 5.69 Å². The number of hydrazone groups is 1. The Morgan fingerprint density at radius 1 is 0.900 bits per heavy atom. The summed E-state index contributed by atoms with van der Waals surface area (Å²) in [6.07, 6.45) is 0.513. The fraction of sp³-hybridized carbons (Fsp3) is 0.172. The summed E-state index contributed by atoms with van der Waals surface area (Å²) in [6, 6.07) is 20.7. The molecule has 4 aromatic rings. The number of carbonyl (C=O) groups is 3. The van der Waals surface area contributed by atoms with Gasteiger partial charge in [-0.2, -0.15) is 19.5 Å². The molecule has 40 heavy (non-hydrogen) atoms. The normalized spacial score (nSPS) is 16.4. The summed E-state index contributed by atoms with van der Waals surface area (Å²) in [5.74, 6) is -0.428. The predicted octanol–water partition coefficient (Wildman–Crippen LogP) is 2.98. The molecule has 6 rings (SSSR count). The number of amides is 3. The Labute approximate surface area is 228 Å². The van der Waals surface area contributed by atoms with Gasteiger partial charge in [0.1, 0.15) is 5.75 Å². The Morgan fingerprint density at radius 2 is 1.52 bits per heavy atom. The van der Waals surface area contributed by atoms with E-state index in [4.69, 9.17) is 4.74 Å². The van der Waals surface area contributed by atoms with E-state index in [1.165, 1.54) is 11.9 Å². The summed E-state index contributed by atoms with van der Waals surface area (Å²) >= 11 is 0. The number of imide groups is 1. The highest BCUT2D eigenvalue weighted by Crippen LogP contribution is 2.33. The van der Waals surface area contributed by atoms with Crippen LogP contribution in [0.1, 0.15) is 57.1 Å². The van der Waals surface area contributed by atoms with Crippen LogP contribution < -0.4 is 15.4 Å². The third-order valence-electron chi connectivity index (χ3n) is 7.06. The largest absolute Gasteiger partial charge is 0.497 e. The lowest BCUT2D eigenvalue weighted by Gasteiger charge is -2.20. The molecular formula is C29H24N6O5. The molecule has 0 saturated heterocycles. The number of fused-ring (bicyclic) bond motifs is 1. The number of methoxy groups -OCH3 is 1. The molecule has 2 aliphatic rings. The number of hydrogen-bond donors (Lipinski definition) is 0. The van der Waals surface area contributed by atoms with Gasteiger partial charge in [0.2, 0.25) is 5.91 Å². The van der Waals surface area contributed by atoms with E-state index in [0.717, 1.165) is 37.0 Å². The van der Waals surface area contributed by atoms with Crippen molar-refractivity contribution in [2.75, 3.05) is 12.1 Å². The first-order chi connectivity index (χ1) is 19.3. The Kier molecular flexibility index (Phi) is 5.91. The van der Waals surface area contributed by atoms with Crippen molar-refractivity contribution in [2.24, 2.45) is 5.10 Å². The molecule has 3 aromatic carbocycles. The topological polar surface area (TPSA) is 119 Å². The summed E-state index contributed by atoms with van der Waals surface area (Å²) in [5.41, 5.74) is 2.72. The molecule has 200 valence electrons. The zero-order valence-electron chi connectivity index (χ0n) is 21.9. The molecule has 0 radical (unpaired) electrons. The molecule has 0 N–H and O–H groups in total. The summed E-state index contributed by atoms with van der Waals surface area (Å²) in [4.78, 5) is 51.6. The Hall–Kier alpha value is -5.32. The highest BCUT2D eigenvalue weighted by atomic mass is 16.5. The van der Waals surface area contributed by atoms with Gasteiger partial charge in [0.25, 0.3) is 11.8 Å². The molecule has 1 atom stereocenters. The highest BCUT2D eigenvalue weighted by molar-refractivity contribution is 6.30. The maximum atomic E-state index is 13.4. The summed E-state index contributed by atoms with van der Waals surface area (Å²) in [6.45, 7) is 3.03. The van der Waals surface area contributed by atoms with Crippen LogP contribution in [0.15, 0.2) is 82.7 Å². The second-order valence-electron chi connectivity index (χ2n) is 9.47. The van der Waals surface area contributed by atoms with Crippen LogP contribution in [-0.4, -0.2) is 50.0 Å². The van der Waals surface area contributed by atoms with E-state index in [1.54, 1.807) is 62.6 Å². The molecule has 11 heteroatoms. The van der Waals surface area contributed by atoms with E-state index in [9.17, 15) is 19.2 Å².